The van der Waals surface area contributed by atoms with Crippen molar-refractivity contribution in [2.75, 3.05) is 58.1 Å². The number of aromatic nitrogens is 1. The Balaban J connectivity index is 2.30. The third-order valence-electron chi connectivity index (χ3n) is 4.12. The Morgan fingerprint density at radius 2 is 1.77 bits per heavy atom. The average Bonchev–Trinajstić information content (AvgIpc) is 3.05. The summed E-state index contributed by atoms with van der Waals surface area (Å²) >= 11 is 0.988. The summed E-state index contributed by atoms with van der Waals surface area (Å²) in [7, 11) is 3.10. The molecule has 1 N–H and O–H groups in total. The van der Waals surface area contributed by atoms with Gasteiger partial charge in [0, 0.05) is 32.9 Å². The van der Waals surface area contributed by atoms with Crippen molar-refractivity contribution in [1.29, 1.82) is 0 Å². The van der Waals surface area contributed by atoms with Gasteiger partial charge in [0.15, 0.2) is 9.34 Å². The number of hydrogen-bond donors (Lipinski definition) is 1. The molecule has 166 valence electrons. The maximum Gasteiger partial charge on any atom is 0.328 e. The number of likely N-dealkylation sites (N-methyl/N-ethyl adjacent to an activating group) is 1. The van der Waals surface area contributed by atoms with Crippen LogP contribution >= 0.6 is 11.3 Å². The first-order valence-electron chi connectivity index (χ1n) is 9.42. The zero-order chi connectivity index (χ0) is 22.5. The van der Waals surface area contributed by atoms with E-state index in [0.717, 1.165) is 15.6 Å². The number of nitrogens with one attached hydrogen (secondary N) is 1. The monoisotopic (exact) mass is 455 g/mol. The molecule has 1 aromatic heterocycles. The highest BCUT2D eigenvalue weighted by molar-refractivity contribution is 7.91. The van der Waals surface area contributed by atoms with Crippen molar-refractivity contribution in [2.24, 2.45) is 0 Å². The molecular formula is C19H29N5O4S2. The van der Waals surface area contributed by atoms with Crippen molar-refractivity contribution in [2.45, 2.75) is 18.1 Å². The zero-order valence-corrected chi connectivity index (χ0v) is 19.8. The third-order valence-corrected chi connectivity index (χ3v) is 7.70. The first-order valence-corrected chi connectivity index (χ1v) is 11.7. The molecule has 0 fully saturated rings. The van der Waals surface area contributed by atoms with Gasteiger partial charge in [0.2, 0.25) is 0 Å². The lowest BCUT2D eigenvalue weighted by Gasteiger charge is -2.22. The first-order chi connectivity index (χ1) is 14.1. The van der Waals surface area contributed by atoms with Crippen molar-refractivity contribution in [3.05, 3.63) is 30.0 Å². The zero-order valence-electron chi connectivity index (χ0n) is 18.2. The maximum atomic E-state index is 13.0. The van der Waals surface area contributed by atoms with Crippen LogP contribution in [0.1, 0.15) is 12.6 Å². The van der Waals surface area contributed by atoms with E-state index in [2.05, 4.69) is 10.3 Å². The van der Waals surface area contributed by atoms with Gasteiger partial charge in [-0.2, -0.15) is 0 Å². The highest BCUT2D eigenvalue weighted by atomic mass is 32.2. The van der Waals surface area contributed by atoms with Crippen LogP contribution in [0.2, 0.25) is 0 Å². The van der Waals surface area contributed by atoms with E-state index in [-0.39, 0.29) is 10.2 Å². The largest absolute Gasteiger partial charge is 0.494 e. The van der Waals surface area contributed by atoms with Crippen LogP contribution < -0.4 is 15.0 Å². The Labute approximate surface area is 182 Å². The molecule has 0 radical (unpaired) electrons. The van der Waals surface area contributed by atoms with Crippen LogP contribution in [0, 0.1) is 6.92 Å². The molecule has 9 nitrogen and oxygen atoms in total. The van der Waals surface area contributed by atoms with Crippen molar-refractivity contribution >= 4 is 38.2 Å². The minimum Gasteiger partial charge on any atom is -0.494 e. The lowest BCUT2D eigenvalue weighted by molar-refractivity contribution is 0.256. The molecule has 0 atom stereocenters. The normalized spacial score (nSPS) is 11.7. The van der Waals surface area contributed by atoms with Crippen LogP contribution in [0.25, 0.3) is 0 Å². The molecule has 0 aliphatic heterocycles. The smallest absolute Gasteiger partial charge is 0.328 e. The van der Waals surface area contributed by atoms with E-state index >= 15 is 0 Å². The molecular weight excluding hydrogens is 426 g/mol. The number of rotatable bonds is 9. The summed E-state index contributed by atoms with van der Waals surface area (Å²) in [6.45, 7) is 5.03. The highest BCUT2D eigenvalue weighted by Crippen LogP contribution is 2.31. The molecule has 2 rings (SSSR count). The lowest BCUT2D eigenvalue weighted by atomic mass is 10.3. The van der Waals surface area contributed by atoms with Crippen molar-refractivity contribution < 1.29 is 17.9 Å². The third kappa shape index (κ3) is 5.91. The summed E-state index contributed by atoms with van der Waals surface area (Å²) in [6, 6.07) is 6.67. The molecule has 0 saturated carbocycles. The number of nitrogens with zero attached hydrogens (tertiary/aromatic N) is 4. The van der Waals surface area contributed by atoms with Crippen LogP contribution in [0.3, 0.4) is 0 Å². The van der Waals surface area contributed by atoms with Crippen molar-refractivity contribution in [3.8, 4) is 5.75 Å². The van der Waals surface area contributed by atoms with Gasteiger partial charge in [-0.3, -0.25) is 4.90 Å². The molecule has 0 aliphatic rings. The molecule has 1 heterocycles. The number of carbonyl (C=O) groups excluding carboxylic acids is 1. The van der Waals surface area contributed by atoms with Gasteiger partial charge in [0.05, 0.1) is 12.3 Å². The molecule has 0 saturated heterocycles. The maximum absolute atomic E-state index is 13.0. The van der Waals surface area contributed by atoms with Gasteiger partial charge in [-0.05, 0) is 52.2 Å². The number of thiazole rings is 1. The Morgan fingerprint density at radius 1 is 1.13 bits per heavy atom. The summed E-state index contributed by atoms with van der Waals surface area (Å²) < 4.78 is 31.8. The lowest BCUT2D eigenvalue weighted by Crippen LogP contribution is -2.39. The van der Waals surface area contributed by atoms with Gasteiger partial charge in [-0.15, -0.1) is 0 Å². The minimum atomic E-state index is -3.64. The Hall–Kier alpha value is -2.21. The molecule has 2 aromatic rings. The second-order valence-electron chi connectivity index (χ2n) is 7.00. The van der Waals surface area contributed by atoms with Gasteiger partial charge in [-0.1, -0.05) is 11.3 Å². The number of anilines is 2. The van der Waals surface area contributed by atoms with Crippen molar-refractivity contribution in [1.82, 2.24) is 14.2 Å². The van der Waals surface area contributed by atoms with E-state index in [0.29, 0.717) is 42.0 Å². The fourth-order valence-corrected chi connectivity index (χ4v) is 5.13. The van der Waals surface area contributed by atoms with E-state index in [9.17, 15) is 13.2 Å². The second-order valence-corrected chi connectivity index (χ2v) is 10.3. The van der Waals surface area contributed by atoms with Crippen LogP contribution in [0.15, 0.2) is 28.5 Å². The molecule has 1 aromatic carbocycles. The van der Waals surface area contributed by atoms with Gasteiger partial charge in [0.1, 0.15) is 5.75 Å². The SMILES string of the molecule is CCOc1ccc(NC(=O)N(CCN(C)C)c2nc(C)c(S(=O)(=O)N(C)C)s2)cc1. The average molecular weight is 456 g/mol. The Kier molecular flexibility index (Phi) is 8.18. The van der Waals surface area contributed by atoms with Crippen LogP contribution in [0.5, 0.6) is 5.75 Å². The summed E-state index contributed by atoms with van der Waals surface area (Å²) in [5.74, 6) is 0.717. The molecule has 0 spiro atoms. The molecule has 2 amide bonds. The fourth-order valence-electron chi connectivity index (χ4n) is 2.47. The number of carbonyl (C=O) groups is 1. The number of benzene rings is 1. The summed E-state index contributed by atoms with van der Waals surface area (Å²) in [4.78, 5) is 20.8. The predicted molar refractivity (Wildman–Crippen MR) is 120 cm³/mol. The summed E-state index contributed by atoms with van der Waals surface area (Å²) in [6.07, 6.45) is 0. The molecule has 11 heteroatoms. The number of sulfonamides is 1. The van der Waals surface area contributed by atoms with Crippen LogP contribution in [-0.4, -0.2) is 76.5 Å². The summed E-state index contributed by atoms with van der Waals surface area (Å²) in [5.41, 5.74) is 0.972. The van der Waals surface area contributed by atoms with Gasteiger partial charge < -0.3 is 15.0 Å². The topological polar surface area (TPSA) is 95.1 Å². The number of urea groups is 1. The number of ether oxygens (including phenoxy) is 1. The Bertz CT molecular complexity index is 956. The first kappa shape index (κ1) is 24.1. The standard InChI is InChI=1S/C19H29N5O4S2/c1-7-28-16-10-8-15(9-11-16)21-18(25)24(13-12-22(3)4)19-20-14(2)17(29-19)30(26,27)23(5)6/h8-11H,7,12-13H2,1-6H3,(H,21,25). The second kappa shape index (κ2) is 10.2. The van der Waals surface area contributed by atoms with Gasteiger partial charge in [0.25, 0.3) is 10.0 Å². The van der Waals surface area contributed by atoms with Gasteiger partial charge in [-0.25, -0.2) is 22.5 Å². The van der Waals surface area contributed by atoms with Crippen molar-refractivity contribution in [3.63, 3.8) is 0 Å². The summed E-state index contributed by atoms with van der Waals surface area (Å²) in [5, 5.41) is 3.18. The van der Waals surface area contributed by atoms with Crippen LogP contribution in [-0.2, 0) is 10.0 Å². The van der Waals surface area contributed by atoms with E-state index < -0.39 is 10.0 Å². The fraction of sp³-hybridized carbons (Fsp3) is 0.474. The van der Waals surface area contributed by atoms with Gasteiger partial charge >= 0.3 is 6.03 Å². The molecule has 0 aliphatic carbocycles. The predicted octanol–water partition coefficient (Wildman–Crippen LogP) is 2.70. The highest BCUT2D eigenvalue weighted by Gasteiger charge is 2.28. The molecule has 30 heavy (non-hydrogen) atoms. The van der Waals surface area contributed by atoms with E-state index in [4.69, 9.17) is 4.74 Å². The molecule has 0 bridgehead atoms. The van der Waals surface area contributed by atoms with E-state index in [1.54, 1.807) is 31.2 Å². The minimum absolute atomic E-state index is 0.131. The van der Waals surface area contributed by atoms with E-state index in [1.807, 2.05) is 25.9 Å². The quantitative estimate of drug-likeness (QED) is 0.625. The van der Waals surface area contributed by atoms with Crippen LogP contribution in [0.4, 0.5) is 15.6 Å². The number of hydrogen-bond acceptors (Lipinski definition) is 7. The molecule has 0 unspecified atom stereocenters. The number of aryl methyl sites for hydroxylation is 1. The number of amides is 2. The Morgan fingerprint density at radius 3 is 2.30 bits per heavy atom. The van der Waals surface area contributed by atoms with E-state index in [1.165, 1.54) is 19.0 Å².